The molecule has 1 N–H and O–H groups in total. The van der Waals surface area contributed by atoms with E-state index in [0.717, 1.165) is 18.9 Å². The van der Waals surface area contributed by atoms with E-state index in [0.29, 0.717) is 6.04 Å². The van der Waals surface area contributed by atoms with E-state index in [1.54, 1.807) is 11.3 Å². The van der Waals surface area contributed by atoms with Crippen molar-refractivity contribution >= 4 is 11.3 Å². The van der Waals surface area contributed by atoms with Crippen LogP contribution in [0.15, 0.2) is 23.8 Å². The van der Waals surface area contributed by atoms with E-state index in [2.05, 4.69) is 32.9 Å². The van der Waals surface area contributed by atoms with E-state index in [9.17, 15) is 0 Å². The minimum absolute atomic E-state index is 0.712. The van der Waals surface area contributed by atoms with Crippen LogP contribution in [0, 0.1) is 0 Å². The molecule has 0 unspecified atom stereocenters. The fourth-order valence-corrected chi connectivity index (χ4v) is 2.27. The normalized spacial score (nSPS) is 15.5. The van der Waals surface area contributed by atoms with E-state index in [-0.39, 0.29) is 0 Å². The Balaban J connectivity index is 1.58. The molecule has 5 heteroatoms. The van der Waals surface area contributed by atoms with Crippen LogP contribution in [0.4, 0.5) is 0 Å². The van der Waals surface area contributed by atoms with Crippen LogP contribution in [0.5, 0.6) is 0 Å². The second-order valence-corrected chi connectivity index (χ2v) is 5.13. The van der Waals surface area contributed by atoms with Gasteiger partial charge in [-0.25, -0.2) is 9.67 Å². The van der Waals surface area contributed by atoms with Crippen LogP contribution in [-0.4, -0.2) is 20.8 Å². The van der Waals surface area contributed by atoms with Crippen molar-refractivity contribution in [3.63, 3.8) is 0 Å². The molecule has 1 fully saturated rings. The van der Waals surface area contributed by atoms with E-state index in [1.165, 1.54) is 17.7 Å². The van der Waals surface area contributed by atoms with Crippen molar-refractivity contribution < 1.29 is 0 Å². The first-order chi connectivity index (χ1) is 7.90. The third kappa shape index (κ3) is 2.48. The summed E-state index contributed by atoms with van der Waals surface area (Å²) in [5.74, 6) is 0.892. The molecule has 0 atom stereocenters. The Morgan fingerprint density at radius 1 is 1.50 bits per heavy atom. The zero-order valence-electron chi connectivity index (χ0n) is 8.97. The molecule has 0 amide bonds. The molecule has 0 bridgehead atoms. The summed E-state index contributed by atoms with van der Waals surface area (Å²) in [4.78, 5) is 5.60. The van der Waals surface area contributed by atoms with Crippen LogP contribution in [0.25, 0.3) is 0 Å². The zero-order chi connectivity index (χ0) is 10.8. The highest BCUT2D eigenvalue weighted by Crippen LogP contribution is 2.18. The lowest BCUT2D eigenvalue weighted by Crippen LogP contribution is -2.16. The SMILES string of the molecule is c1csc(Cn2cnc(CNC3CC3)n2)c1. The van der Waals surface area contributed by atoms with Gasteiger partial charge in [-0.3, -0.25) is 0 Å². The standard InChI is InChI=1S/C11H14N4S/c1-2-10(16-5-1)7-15-8-13-11(14-15)6-12-9-3-4-9/h1-2,5,8-9,12H,3-4,6-7H2. The molecule has 2 aromatic rings. The second kappa shape index (κ2) is 4.35. The van der Waals surface area contributed by atoms with Crippen LogP contribution in [0.3, 0.4) is 0 Å². The molecule has 0 spiro atoms. The van der Waals surface area contributed by atoms with Crippen molar-refractivity contribution in [2.24, 2.45) is 0 Å². The van der Waals surface area contributed by atoms with Gasteiger partial charge < -0.3 is 5.32 Å². The Labute approximate surface area is 98.3 Å². The number of nitrogens with one attached hydrogen (secondary N) is 1. The van der Waals surface area contributed by atoms with Gasteiger partial charge in [-0.2, -0.15) is 5.10 Å². The first-order valence-electron chi connectivity index (χ1n) is 5.54. The number of thiophene rings is 1. The minimum atomic E-state index is 0.712. The molecule has 0 radical (unpaired) electrons. The maximum atomic E-state index is 4.43. The Morgan fingerprint density at radius 3 is 3.19 bits per heavy atom. The third-order valence-corrected chi connectivity index (χ3v) is 3.47. The molecule has 1 aliphatic carbocycles. The monoisotopic (exact) mass is 234 g/mol. The summed E-state index contributed by atoms with van der Waals surface area (Å²) in [7, 11) is 0. The summed E-state index contributed by atoms with van der Waals surface area (Å²) in [6.07, 6.45) is 4.41. The molecule has 16 heavy (non-hydrogen) atoms. The molecular weight excluding hydrogens is 220 g/mol. The van der Waals surface area contributed by atoms with Crippen molar-refractivity contribution in [3.8, 4) is 0 Å². The number of hydrogen-bond acceptors (Lipinski definition) is 4. The summed E-state index contributed by atoms with van der Waals surface area (Å²) in [6.45, 7) is 1.62. The summed E-state index contributed by atoms with van der Waals surface area (Å²) >= 11 is 1.75. The van der Waals surface area contributed by atoms with Crippen LogP contribution >= 0.6 is 11.3 Å². The van der Waals surface area contributed by atoms with Gasteiger partial charge in [0.1, 0.15) is 6.33 Å². The van der Waals surface area contributed by atoms with Crippen molar-refractivity contribution in [1.82, 2.24) is 20.1 Å². The van der Waals surface area contributed by atoms with Gasteiger partial charge in [-0.05, 0) is 24.3 Å². The van der Waals surface area contributed by atoms with Crippen molar-refractivity contribution in [3.05, 3.63) is 34.5 Å². The summed E-state index contributed by atoms with van der Waals surface area (Å²) in [5, 5.41) is 9.93. The van der Waals surface area contributed by atoms with Gasteiger partial charge in [-0.15, -0.1) is 11.3 Å². The van der Waals surface area contributed by atoms with Gasteiger partial charge in [0.2, 0.25) is 0 Å². The summed E-state index contributed by atoms with van der Waals surface area (Å²) in [5.41, 5.74) is 0. The molecular formula is C11H14N4S. The summed E-state index contributed by atoms with van der Waals surface area (Å²) in [6, 6.07) is 4.89. The Kier molecular flexibility index (Phi) is 2.71. The Bertz CT molecular complexity index is 444. The van der Waals surface area contributed by atoms with Crippen molar-refractivity contribution in [1.29, 1.82) is 0 Å². The third-order valence-electron chi connectivity index (χ3n) is 2.61. The maximum absolute atomic E-state index is 4.43. The smallest absolute Gasteiger partial charge is 0.164 e. The molecule has 1 saturated carbocycles. The van der Waals surface area contributed by atoms with Gasteiger partial charge in [0.25, 0.3) is 0 Å². The zero-order valence-corrected chi connectivity index (χ0v) is 9.78. The first kappa shape index (κ1) is 9.99. The van der Waals surface area contributed by atoms with Crippen LogP contribution in [-0.2, 0) is 13.1 Å². The van der Waals surface area contributed by atoms with Crippen LogP contribution < -0.4 is 5.32 Å². The molecule has 3 rings (SSSR count). The molecule has 0 saturated heterocycles. The summed E-state index contributed by atoms with van der Waals surface area (Å²) < 4.78 is 1.90. The van der Waals surface area contributed by atoms with E-state index in [4.69, 9.17) is 0 Å². The number of aromatic nitrogens is 3. The highest BCUT2D eigenvalue weighted by molar-refractivity contribution is 7.09. The number of hydrogen-bond donors (Lipinski definition) is 1. The lowest BCUT2D eigenvalue weighted by Gasteiger charge is -1.98. The molecule has 2 aromatic heterocycles. The number of rotatable bonds is 5. The first-order valence-corrected chi connectivity index (χ1v) is 6.42. The Hall–Kier alpha value is -1.20. The quantitative estimate of drug-likeness (QED) is 0.855. The fraction of sp³-hybridized carbons (Fsp3) is 0.455. The van der Waals surface area contributed by atoms with E-state index >= 15 is 0 Å². The van der Waals surface area contributed by atoms with Crippen LogP contribution in [0.2, 0.25) is 0 Å². The minimum Gasteiger partial charge on any atom is -0.307 e. The highest BCUT2D eigenvalue weighted by Gasteiger charge is 2.20. The Morgan fingerprint density at radius 2 is 2.44 bits per heavy atom. The lowest BCUT2D eigenvalue weighted by molar-refractivity contribution is 0.630. The average molecular weight is 234 g/mol. The molecule has 1 aliphatic rings. The largest absolute Gasteiger partial charge is 0.307 e. The maximum Gasteiger partial charge on any atom is 0.164 e. The molecule has 84 valence electrons. The van der Waals surface area contributed by atoms with E-state index < -0.39 is 0 Å². The van der Waals surface area contributed by atoms with Crippen molar-refractivity contribution in [2.75, 3.05) is 0 Å². The fourth-order valence-electron chi connectivity index (χ4n) is 1.58. The van der Waals surface area contributed by atoms with Gasteiger partial charge in [-0.1, -0.05) is 6.07 Å². The van der Waals surface area contributed by atoms with Gasteiger partial charge >= 0.3 is 0 Å². The van der Waals surface area contributed by atoms with Crippen LogP contribution in [0.1, 0.15) is 23.5 Å². The van der Waals surface area contributed by atoms with Gasteiger partial charge in [0, 0.05) is 10.9 Å². The second-order valence-electron chi connectivity index (χ2n) is 4.09. The topological polar surface area (TPSA) is 42.7 Å². The molecule has 0 aliphatic heterocycles. The van der Waals surface area contributed by atoms with E-state index in [1.807, 2.05) is 11.0 Å². The molecule has 2 heterocycles. The highest BCUT2D eigenvalue weighted by atomic mass is 32.1. The number of nitrogens with zero attached hydrogens (tertiary/aromatic N) is 3. The lowest BCUT2D eigenvalue weighted by atomic mass is 10.5. The average Bonchev–Trinajstić information content (AvgIpc) is 2.78. The molecule has 4 nitrogen and oxygen atoms in total. The van der Waals surface area contributed by atoms with Gasteiger partial charge in [0.15, 0.2) is 5.82 Å². The predicted molar refractivity (Wildman–Crippen MR) is 63.3 cm³/mol. The molecule has 0 aromatic carbocycles. The predicted octanol–water partition coefficient (Wildman–Crippen LogP) is 1.64. The van der Waals surface area contributed by atoms with Gasteiger partial charge in [0.05, 0.1) is 13.1 Å². The van der Waals surface area contributed by atoms with Crippen molar-refractivity contribution in [2.45, 2.75) is 32.0 Å².